The van der Waals surface area contributed by atoms with E-state index in [1.165, 1.54) is 15.9 Å². The van der Waals surface area contributed by atoms with Gasteiger partial charge >= 0.3 is 6.09 Å². The number of fused-ring (bicyclic) bond motifs is 1. The number of nitrogens with one attached hydrogen (secondary N) is 1. The van der Waals surface area contributed by atoms with Crippen molar-refractivity contribution in [3.8, 4) is 0 Å². The molecule has 2 aromatic carbocycles. The predicted octanol–water partition coefficient (Wildman–Crippen LogP) is 6.22. The van der Waals surface area contributed by atoms with Crippen LogP contribution in [0.25, 0.3) is 10.8 Å². The van der Waals surface area contributed by atoms with Crippen LogP contribution in [0.2, 0.25) is 0 Å². The number of likely N-dealkylation sites (N-methyl/N-ethyl adjacent to an activating group) is 2. The first-order valence-electron chi connectivity index (χ1n) is 13.9. The predicted molar refractivity (Wildman–Crippen MR) is 167 cm³/mol. The number of thiophene rings is 1. The number of hydrogen-bond donors (Lipinski definition) is 1. The summed E-state index contributed by atoms with van der Waals surface area (Å²) in [6, 6.07) is 17.7. The van der Waals surface area contributed by atoms with Crippen molar-refractivity contribution in [2.75, 3.05) is 20.6 Å². The fraction of sp³-hybridized carbons (Fsp3) is 0.424. The van der Waals surface area contributed by atoms with Gasteiger partial charge in [0.25, 0.3) is 0 Å². The average Bonchev–Trinajstić information content (AvgIpc) is 3.41. The number of carbonyl (C=O) groups excluding carboxylic acids is 3. The Morgan fingerprint density at radius 2 is 1.68 bits per heavy atom. The summed E-state index contributed by atoms with van der Waals surface area (Å²) in [5, 5.41) is 7.10. The molecule has 220 valence electrons. The van der Waals surface area contributed by atoms with Crippen molar-refractivity contribution in [2.24, 2.45) is 0 Å². The minimum atomic E-state index is -0.672. The summed E-state index contributed by atoms with van der Waals surface area (Å²) in [7, 11) is 3.47. The first-order chi connectivity index (χ1) is 19.2. The maximum Gasteiger partial charge on any atom is 0.408 e. The molecule has 3 rings (SSSR count). The minimum Gasteiger partial charge on any atom is -0.444 e. The van der Waals surface area contributed by atoms with Crippen LogP contribution < -0.4 is 5.32 Å². The fourth-order valence-electron chi connectivity index (χ4n) is 4.43. The topological polar surface area (TPSA) is 79.0 Å². The van der Waals surface area contributed by atoms with Gasteiger partial charge in [0.1, 0.15) is 11.6 Å². The van der Waals surface area contributed by atoms with Gasteiger partial charge in [-0.3, -0.25) is 9.59 Å². The molecule has 1 aromatic heterocycles. The third kappa shape index (κ3) is 10.0. The Morgan fingerprint density at radius 3 is 2.34 bits per heavy atom. The highest BCUT2D eigenvalue weighted by atomic mass is 32.1. The molecular weight excluding hydrogens is 534 g/mol. The van der Waals surface area contributed by atoms with Crippen LogP contribution in [0.4, 0.5) is 4.79 Å². The Morgan fingerprint density at radius 1 is 0.976 bits per heavy atom. The molecule has 8 heteroatoms. The van der Waals surface area contributed by atoms with Gasteiger partial charge in [-0.2, -0.15) is 0 Å². The van der Waals surface area contributed by atoms with Crippen LogP contribution in [-0.2, 0) is 27.2 Å². The van der Waals surface area contributed by atoms with Gasteiger partial charge < -0.3 is 19.9 Å². The molecule has 3 amide bonds. The number of rotatable bonds is 11. The lowest BCUT2D eigenvalue weighted by atomic mass is 9.99. The van der Waals surface area contributed by atoms with Gasteiger partial charge in [-0.05, 0) is 81.3 Å². The van der Waals surface area contributed by atoms with Crippen molar-refractivity contribution < 1.29 is 19.1 Å². The number of ether oxygens (including phenoxy) is 1. The van der Waals surface area contributed by atoms with E-state index in [9.17, 15) is 14.4 Å². The second-order valence-electron chi connectivity index (χ2n) is 12.1. The van der Waals surface area contributed by atoms with E-state index in [0.29, 0.717) is 19.4 Å². The van der Waals surface area contributed by atoms with Crippen molar-refractivity contribution in [2.45, 2.75) is 71.1 Å². The van der Waals surface area contributed by atoms with Crippen LogP contribution in [0.3, 0.4) is 0 Å². The van der Waals surface area contributed by atoms with Gasteiger partial charge in [-0.1, -0.05) is 54.6 Å². The van der Waals surface area contributed by atoms with E-state index in [1.807, 2.05) is 76.4 Å². The minimum absolute atomic E-state index is 0.106. The van der Waals surface area contributed by atoms with E-state index in [4.69, 9.17) is 4.74 Å². The first kappa shape index (κ1) is 31.9. The van der Waals surface area contributed by atoms with Crippen LogP contribution in [0.5, 0.6) is 0 Å². The number of alkyl carbamates (subject to hydrolysis) is 1. The van der Waals surface area contributed by atoms with Crippen LogP contribution in [0.1, 0.15) is 51.5 Å². The zero-order chi connectivity index (χ0) is 30.2. The summed E-state index contributed by atoms with van der Waals surface area (Å²) in [6.07, 6.45) is 4.27. The molecule has 1 N–H and O–H groups in total. The van der Waals surface area contributed by atoms with Crippen molar-refractivity contribution in [3.63, 3.8) is 0 Å². The zero-order valence-corrected chi connectivity index (χ0v) is 26.1. The summed E-state index contributed by atoms with van der Waals surface area (Å²) in [6.45, 7) is 9.72. The fourth-order valence-corrected chi connectivity index (χ4v) is 5.13. The number of nitrogens with zero attached hydrogens (tertiary/aromatic N) is 2. The molecule has 1 heterocycles. The molecule has 0 spiro atoms. The van der Waals surface area contributed by atoms with E-state index >= 15 is 0 Å². The Hall–Kier alpha value is -3.65. The monoisotopic (exact) mass is 577 g/mol. The van der Waals surface area contributed by atoms with Crippen molar-refractivity contribution >= 4 is 40.0 Å². The standard InChI is InChI=1S/C33H43N3O4S/c1-32(2,3)40-31(39)34-33(4,5)19-10-15-29(37)36(7)28(30(38)35(6)20-18-27-14-11-21-41-27)23-24-16-17-25-12-8-9-13-26(25)22-24/h8-17,21-22,28H,18-20,23H2,1-7H3,(H,34,39)/b15-10+/t28-/m1/s1. The highest BCUT2D eigenvalue weighted by Crippen LogP contribution is 2.20. The lowest BCUT2D eigenvalue weighted by molar-refractivity contribution is -0.141. The van der Waals surface area contributed by atoms with Gasteiger partial charge in [0.2, 0.25) is 11.8 Å². The molecule has 0 saturated carbocycles. The summed E-state index contributed by atoms with van der Waals surface area (Å²) in [5.74, 6) is -0.380. The summed E-state index contributed by atoms with van der Waals surface area (Å²) >= 11 is 1.67. The Balaban J connectivity index is 1.73. The Kier molecular flexibility index (Phi) is 10.7. The summed E-state index contributed by atoms with van der Waals surface area (Å²) in [5.41, 5.74) is -0.238. The van der Waals surface area contributed by atoms with Gasteiger partial charge in [0.15, 0.2) is 0 Å². The summed E-state index contributed by atoms with van der Waals surface area (Å²) in [4.78, 5) is 43.7. The van der Waals surface area contributed by atoms with Crippen LogP contribution in [-0.4, -0.2) is 65.5 Å². The maximum atomic E-state index is 13.7. The van der Waals surface area contributed by atoms with E-state index in [1.54, 1.807) is 36.4 Å². The van der Waals surface area contributed by atoms with Gasteiger partial charge in [0.05, 0.1) is 0 Å². The van der Waals surface area contributed by atoms with Crippen molar-refractivity contribution in [3.05, 3.63) is 82.6 Å². The maximum absolute atomic E-state index is 13.7. The first-order valence-corrected chi connectivity index (χ1v) is 14.8. The van der Waals surface area contributed by atoms with Crippen LogP contribution in [0, 0.1) is 0 Å². The molecule has 0 bridgehead atoms. The molecule has 0 aliphatic rings. The SMILES string of the molecule is CN(CCc1cccs1)C(=O)[C@@H](Cc1ccc2ccccc2c1)N(C)C(=O)/C=C/CC(C)(C)NC(=O)OC(C)(C)C. The highest BCUT2D eigenvalue weighted by molar-refractivity contribution is 7.09. The highest BCUT2D eigenvalue weighted by Gasteiger charge is 2.29. The molecule has 1 atom stereocenters. The lowest BCUT2D eigenvalue weighted by Gasteiger charge is -2.31. The van der Waals surface area contributed by atoms with E-state index in [0.717, 1.165) is 22.8 Å². The molecule has 0 saturated heterocycles. The Labute approximate surface area is 248 Å². The van der Waals surface area contributed by atoms with E-state index in [-0.39, 0.29) is 11.8 Å². The third-order valence-electron chi connectivity index (χ3n) is 6.72. The van der Waals surface area contributed by atoms with Crippen LogP contribution in [0.15, 0.2) is 72.1 Å². The second-order valence-corrected chi connectivity index (χ2v) is 13.1. The smallest absolute Gasteiger partial charge is 0.408 e. The third-order valence-corrected chi connectivity index (χ3v) is 7.66. The van der Waals surface area contributed by atoms with E-state index < -0.39 is 23.3 Å². The van der Waals surface area contributed by atoms with Crippen molar-refractivity contribution in [1.82, 2.24) is 15.1 Å². The number of hydrogen-bond acceptors (Lipinski definition) is 5. The van der Waals surface area contributed by atoms with Gasteiger partial charge in [0, 0.05) is 37.5 Å². The molecule has 3 aromatic rings. The average molecular weight is 578 g/mol. The molecule has 41 heavy (non-hydrogen) atoms. The Bertz CT molecular complexity index is 1360. The molecule has 0 fully saturated rings. The molecular formula is C33H43N3O4S. The number of amides is 3. The van der Waals surface area contributed by atoms with Gasteiger partial charge in [-0.25, -0.2) is 4.79 Å². The van der Waals surface area contributed by atoms with Gasteiger partial charge in [-0.15, -0.1) is 11.3 Å². The van der Waals surface area contributed by atoms with Crippen LogP contribution >= 0.6 is 11.3 Å². The largest absolute Gasteiger partial charge is 0.444 e. The van der Waals surface area contributed by atoms with E-state index in [2.05, 4.69) is 23.5 Å². The summed E-state index contributed by atoms with van der Waals surface area (Å²) < 4.78 is 5.36. The quantitative estimate of drug-likeness (QED) is 0.275. The lowest BCUT2D eigenvalue weighted by Crippen LogP contribution is -2.49. The number of benzene rings is 2. The second kappa shape index (κ2) is 13.8. The molecule has 7 nitrogen and oxygen atoms in total. The van der Waals surface area contributed by atoms with Crippen molar-refractivity contribution in [1.29, 1.82) is 0 Å². The zero-order valence-electron chi connectivity index (χ0n) is 25.3. The molecule has 0 aliphatic heterocycles. The molecule has 0 radical (unpaired) electrons. The normalized spacial score (nSPS) is 12.8. The molecule has 0 aliphatic carbocycles. The molecule has 0 unspecified atom stereocenters. The number of carbonyl (C=O) groups is 3.